The van der Waals surface area contributed by atoms with E-state index < -0.39 is 9.84 Å². The zero-order chi connectivity index (χ0) is 13.3. The molecule has 0 aliphatic heterocycles. The summed E-state index contributed by atoms with van der Waals surface area (Å²) < 4.78 is 24.2. The highest BCUT2D eigenvalue weighted by Gasteiger charge is 2.22. The van der Waals surface area contributed by atoms with Gasteiger partial charge in [0.15, 0.2) is 15.0 Å². The molecule has 0 unspecified atom stereocenters. The highest BCUT2D eigenvalue weighted by molar-refractivity contribution is 7.93. The molecule has 18 heavy (non-hydrogen) atoms. The van der Waals surface area contributed by atoms with Crippen molar-refractivity contribution in [2.45, 2.75) is 18.1 Å². The minimum absolute atomic E-state index is 0.0491. The van der Waals surface area contributed by atoms with E-state index in [2.05, 4.69) is 4.98 Å². The maximum absolute atomic E-state index is 12.0. The molecule has 2 aromatic rings. The van der Waals surface area contributed by atoms with Crippen LogP contribution >= 0.6 is 11.3 Å². The summed E-state index contributed by atoms with van der Waals surface area (Å²) in [4.78, 5) is 4.14. The monoisotopic (exact) mass is 282 g/mol. The number of benzene rings is 1. The van der Waals surface area contributed by atoms with Gasteiger partial charge in [-0.25, -0.2) is 13.4 Å². The first-order chi connectivity index (χ1) is 8.44. The van der Waals surface area contributed by atoms with Crippen LogP contribution in [-0.4, -0.2) is 19.2 Å². The standard InChI is InChI=1S/C12H14N2O2S2/c1-3-18(15,16)11-10(14-12(13)17-11)9-6-4-8(2)5-7-9/h4-7H,3H2,1-2H3,(H2,13,14). The molecule has 0 fully saturated rings. The summed E-state index contributed by atoms with van der Waals surface area (Å²) in [6.07, 6.45) is 0. The normalized spacial score (nSPS) is 11.7. The van der Waals surface area contributed by atoms with Gasteiger partial charge in [0.05, 0.1) is 5.75 Å². The fourth-order valence-corrected chi connectivity index (χ4v) is 3.98. The Bertz CT molecular complexity index is 658. The molecule has 1 aromatic carbocycles. The van der Waals surface area contributed by atoms with Gasteiger partial charge < -0.3 is 5.73 Å². The van der Waals surface area contributed by atoms with E-state index in [-0.39, 0.29) is 15.1 Å². The lowest BCUT2D eigenvalue weighted by Crippen LogP contribution is -2.03. The van der Waals surface area contributed by atoms with E-state index >= 15 is 0 Å². The third-order valence-corrected chi connectivity index (χ3v) is 5.81. The number of nitrogens with zero attached hydrogens (tertiary/aromatic N) is 1. The number of anilines is 1. The van der Waals surface area contributed by atoms with Crippen molar-refractivity contribution in [3.8, 4) is 11.3 Å². The van der Waals surface area contributed by atoms with Gasteiger partial charge in [0.1, 0.15) is 9.90 Å². The average Bonchev–Trinajstić information content (AvgIpc) is 2.73. The largest absolute Gasteiger partial charge is 0.375 e. The first-order valence-electron chi connectivity index (χ1n) is 5.50. The molecule has 0 amide bonds. The van der Waals surface area contributed by atoms with E-state index in [1.807, 2.05) is 31.2 Å². The second-order valence-corrected chi connectivity index (χ2v) is 7.46. The summed E-state index contributed by atoms with van der Waals surface area (Å²) in [5.74, 6) is 0.0491. The van der Waals surface area contributed by atoms with Crippen LogP contribution < -0.4 is 5.73 Å². The van der Waals surface area contributed by atoms with Gasteiger partial charge in [-0.15, -0.1) is 0 Å². The molecule has 0 saturated heterocycles. The van der Waals surface area contributed by atoms with Gasteiger partial charge in [0.2, 0.25) is 0 Å². The number of thiazole rings is 1. The summed E-state index contributed by atoms with van der Waals surface area (Å²) >= 11 is 1.02. The van der Waals surface area contributed by atoms with Crippen molar-refractivity contribution in [1.29, 1.82) is 0 Å². The first-order valence-corrected chi connectivity index (χ1v) is 7.97. The molecular formula is C12H14N2O2S2. The summed E-state index contributed by atoms with van der Waals surface area (Å²) in [6, 6.07) is 7.57. The minimum atomic E-state index is -3.29. The Kier molecular flexibility index (Phi) is 3.41. The fourth-order valence-electron chi connectivity index (χ4n) is 1.56. The van der Waals surface area contributed by atoms with Crippen LogP contribution in [0.25, 0.3) is 11.3 Å². The van der Waals surface area contributed by atoms with Crippen LogP contribution in [0.2, 0.25) is 0 Å². The molecule has 4 nitrogen and oxygen atoms in total. The Morgan fingerprint density at radius 1 is 1.28 bits per heavy atom. The van der Waals surface area contributed by atoms with Crippen LogP contribution in [0.3, 0.4) is 0 Å². The summed E-state index contributed by atoms with van der Waals surface area (Å²) in [5, 5.41) is 0.276. The zero-order valence-corrected chi connectivity index (χ0v) is 11.8. The topological polar surface area (TPSA) is 73.0 Å². The smallest absolute Gasteiger partial charge is 0.189 e. The molecule has 0 spiro atoms. The molecule has 6 heteroatoms. The van der Waals surface area contributed by atoms with Gasteiger partial charge in [0.25, 0.3) is 0 Å². The van der Waals surface area contributed by atoms with Gasteiger partial charge in [-0.3, -0.25) is 0 Å². The van der Waals surface area contributed by atoms with Gasteiger partial charge in [-0.05, 0) is 6.92 Å². The third-order valence-electron chi connectivity index (χ3n) is 2.60. The molecule has 1 heterocycles. The van der Waals surface area contributed by atoms with Crippen molar-refractivity contribution in [1.82, 2.24) is 4.98 Å². The van der Waals surface area contributed by atoms with Crippen molar-refractivity contribution >= 4 is 26.3 Å². The molecule has 2 N–H and O–H groups in total. The predicted octanol–water partition coefficient (Wildman–Crippen LogP) is 2.49. The van der Waals surface area contributed by atoms with Gasteiger partial charge in [-0.2, -0.15) is 0 Å². The van der Waals surface area contributed by atoms with Crippen LogP contribution in [0.15, 0.2) is 28.5 Å². The zero-order valence-electron chi connectivity index (χ0n) is 10.2. The minimum Gasteiger partial charge on any atom is -0.375 e. The summed E-state index contributed by atoms with van der Waals surface area (Å²) in [5.41, 5.74) is 7.99. The van der Waals surface area contributed by atoms with Crippen LogP contribution in [0.5, 0.6) is 0 Å². The Morgan fingerprint density at radius 2 is 1.89 bits per heavy atom. The lowest BCUT2D eigenvalue weighted by atomic mass is 10.1. The maximum atomic E-state index is 12.0. The summed E-state index contributed by atoms with van der Waals surface area (Å²) in [7, 11) is -3.29. The van der Waals surface area contributed by atoms with Gasteiger partial charge in [0, 0.05) is 5.56 Å². The maximum Gasteiger partial charge on any atom is 0.189 e. The van der Waals surface area contributed by atoms with Crippen molar-refractivity contribution in [3.05, 3.63) is 29.8 Å². The number of hydrogen-bond acceptors (Lipinski definition) is 5. The lowest BCUT2D eigenvalue weighted by molar-refractivity contribution is 0.599. The molecule has 0 aliphatic rings. The molecule has 0 atom stereocenters. The molecule has 2 rings (SSSR count). The van der Waals surface area contributed by atoms with E-state index in [1.54, 1.807) is 6.92 Å². The number of nitrogen functional groups attached to an aromatic ring is 1. The quantitative estimate of drug-likeness (QED) is 0.938. The molecule has 1 aromatic heterocycles. The predicted molar refractivity (Wildman–Crippen MR) is 74.4 cm³/mol. The number of hydrogen-bond donors (Lipinski definition) is 1. The van der Waals surface area contributed by atoms with Crippen molar-refractivity contribution in [3.63, 3.8) is 0 Å². The number of aromatic nitrogens is 1. The van der Waals surface area contributed by atoms with Crippen molar-refractivity contribution in [2.24, 2.45) is 0 Å². The van der Waals surface area contributed by atoms with E-state index in [0.29, 0.717) is 5.69 Å². The number of sulfone groups is 1. The molecule has 0 bridgehead atoms. The van der Waals surface area contributed by atoms with Gasteiger partial charge in [-0.1, -0.05) is 48.1 Å². The molecule has 96 valence electrons. The van der Waals surface area contributed by atoms with Crippen LogP contribution in [0.1, 0.15) is 12.5 Å². The van der Waals surface area contributed by atoms with Crippen LogP contribution in [0.4, 0.5) is 5.13 Å². The Labute approximate surface area is 110 Å². The summed E-state index contributed by atoms with van der Waals surface area (Å²) in [6.45, 7) is 3.59. The van der Waals surface area contributed by atoms with Crippen LogP contribution in [0, 0.1) is 6.92 Å². The first kappa shape index (κ1) is 13.0. The highest BCUT2D eigenvalue weighted by Crippen LogP contribution is 2.34. The third kappa shape index (κ3) is 2.39. The number of nitrogens with two attached hydrogens (primary N) is 1. The second-order valence-electron chi connectivity index (χ2n) is 3.96. The molecule has 0 radical (unpaired) electrons. The second kappa shape index (κ2) is 4.70. The molecule has 0 aliphatic carbocycles. The Hall–Kier alpha value is -1.40. The highest BCUT2D eigenvalue weighted by atomic mass is 32.2. The molecule has 0 saturated carbocycles. The van der Waals surface area contributed by atoms with E-state index in [0.717, 1.165) is 22.5 Å². The number of rotatable bonds is 3. The van der Waals surface area contributed by atoms with Crippen molar-refractivity contribution in [2.75, 3.05) is 11.5 Å². The Balaban J connectivity index is 2.62. The fraction of sp³-hybridized carbons (Fsp3) is 0.250. The van der Waals surface area contributed by atoms with E-state index in [1.165, 1.54) is 0 Å². The number of aryl methyl sites for hydroxylation is 1. The van der Waals surface area contributed by atoms with Crippen molar-refractivity contribution < 1.29 is 8.42 Å². The van der Waals surface area contributed by atoms with E-state index in [9.17, 15) is 8.42 Å². The van der Waals surface area contributed by atoms with Crippen LogP contribution in [-0.2, 0) is 9.84 Å². The lowest BCUT2D eigenvalue weighted by Gasteiger charge is -2.02. The molecular weight excluding hydrogens is 268 g/mol. The van der Waals surface area contributed by atoms with Gasteiger partial charge >= 0.3 is 0 Å². The Morgan fingerprint density at radius 3 is 2.44 bits per heavy atom. The SMILES string of the molecule is CCS(=O)(=O)c1sc(N)nc1-c1ccc(C)cc1. The average molecular weight is 282 g/mol. The van der Waals surface area contributed by atoms with E-state index in [4.69, 9.17) is 5.73 Å².